The van der Waals surface area contributed by atoms with Crippen LogP contribution in [0.25, 0.3) is 0 Å². The Balaban J connectivity index is 1.57. The van der Waals surface area contributed by atoms with Gasteiger partial charge in [0, 0.05) is 21.2 Å². The van der Waals surface area contributed by atoms with E-state index in [9.17, 15) is 14.4 Å². The average Bonchev–Trinajstić information content (AvgIpc) is 3.10. The van der Waals surface area contributed by atoms with Crippen LogP contribution in [-0.4, -0.2) is 30.4 Å². The van der Waals surface area contributed by atoms with Gasteiger partial charge in [-0.2, -0.15) is 0 Å². The molecule has 140 valence electrons. The molecule has 0 bridgehead atoms. The first-order valence-corrected chi connectivity index (χ1v) is 9.49. The second-order valence-corrected chi connectivity index (χ2v) is 7.42. The van der Waals surface area contributed by atoms with Gasteiger partial charge >= 0.3 is 5.97 Å². The van der Waals surface area contributed by atoms with Gasteiger partial charge in [0.25, 0.3) is 5.91 Å². The van der Waals surface area contributed by atoms with E-state index in [4.69, 9.17) is 16.3 Å². The first kappa shape index (κ1) is 19.3. The minimum atomic E-state index is -0.668. The van der Waals surface area contributed by atoms with Crippen LogP contribution in [0.15, 0.2) is 58.3 Å². The van der Waals surface area contributed by atoms with Crippen molar-refractivity contribution in [3.63, 3.8) is 0 Å². The molecule has 0 aromatic heterocycles. The lowest BCUT2D eigenvalue weighted by atomic mass is 10.2. The van der Waals surface area contributed by atoms with Gasteiger partial charge in [0.2, 0.25) is 5.91 Å². The zero-order valence-electron chi connectivity index (χ0n) is 14.2. The lowest BCUT2D eigenvalue weighted by Crippen LogP contribution is -2.36. The summed E-state index contributed by atoms with van der Waals surface area (Å²) in [7, 11) is 0. The normalized spacial score (nSPS) is 15.9. The van der Waals surface area contributed by atoms with Crippen LogP contribution in [0, 0.1) is 0 Å². The van der Waals surface area contributed by atoms with E-state index in [2.05, 4.69) is 10.6 Å². The zero-order valence-corrected chi connectivity index (χ0v) is 15.8. The van der Waals surface area contributed by atoms with Crippen LogP contribution in [0.3, 0.4) is 0 Å². The summed E-state index contributed by atoms with van der Waals surface area (Å²) >= 11 is 7.38. The maximum Gasteiger partial charge on any atom is 0.329 e. The molecule has 0 saturated carbocycles. The highest BCUT2D eigenvalue weighted by molar-refractivity contribution is 7.99. The van der Waals surface area contributed by atoms with Gasteiger partial charge in [0.05, 0.1) is 5.69 Å². The Kier molecular flexibility index (Phi) is 6.36. The molecule has 1 aliphatic heterocycles. The monoisotopic (exact) mass is 404 g/mol. The summed E-state index contributed by atoms with van der Waals surface area (Å²) in [5, 5.41) is 5.91. The topological polar surface area (TPSA) is 84.5 Å². The summed E-state index contributed by atoms with van der Waals surface area (Å²) in [5.41, 5.74) is 0.618. The Morgan fingerprint density at radius 2 is 1.93 bits per heavy atom. The summed E-state index contributed by atoms with van der Waals surface area (Å²) in [6.45, 7) is -0.412. The molecule has 27 heavy (non-hydrogen) atoms. The third kappa shape index (κ3) is 5.48. The molecule has 1 aliphatic rings. The third-order valence-electron chi connectivity index (χ3n) is 3.83. The Bertz CT molecular complexity index is 857. The summed E-state index contributed by atoms with van der Waals surface area (Å²) < 4.78 is 4.99. The van der Waals surface area contributed by atoms with E-state index in [0.717, 1.165) is 9.79 Å². The number of halogens is 1. The molecular weight excluding hydrogens is 388 g/mol. The van der Waals surface area contributed by atoms with Crippen molar-refractivity contribution in [2.24, 2.45) is 0 Å². The van der Waals surface area contributed by atoms with Crippen molar-refractivity contribution in [2.75, 3.05) is 11.9 Å². The lowest BCUT2D eigenvalue weighted by Gasteiger charge is -2.12. The molecule has 1 saturated heterocycles. The molecule has 2 N–H and O–H groups in total. The van der Waals surface area contributed by atoms with Gasteiger partial charge in [-0.05, 0) is 42.8 Å². The number of hydrogen-bond acceptors (Lipinski definition) is 5. The van der Waals surface area contributed by atoms with Crippen molar-refractivity contribution in [3.8, 4) is 0 Å². The quantitative estimate of drug-likeness (QED) is 0.722. The first-order valence-electron chi connectivity index (χ1n) is 8.29. The van der Waals surface area contributed by atoms with E-state index in [1.807, 2.05) is 30.3 Å². The molecule has 2 aromatic rings. The van der Waals surface area contributed by atoms with E-state index in [0.29, 0.717) is 23.6 Å². The van der Waals surface area contributed by atoms with E-state index in [1.165, 1.54) is 11.8 Å². The molecule has 0 spiro atoms. The Labute approximate surface area is 165 Å². The highest BCUT2D eigenvalue weighted by Crippen LogP contribution is 2.33. The Morgan fingerprint density at radius 3 is 2.63 bits per heavy atom. The number of hydrogen-bond donors (Lipinski definition) is 2. The molecule has 0 unspecified atom stereocenters. The fourth-order valence-electron chi connectivity index (χ4n) is 2.50. The molecule has 2 aromatic carbocycles. The number of rotatable bonds is 6. The highest BCUT2D eigenvalue weighted by Gasteiger charge is 2.28. The standard InChI is InChI=1S/C19H17ClN2O4S/c20-12-5-7-13(8-6-12)27-16-4-2-1-3-14(16)21-18(24)11-26-19(25)15-9-10-17(23)22-15/h1-8,15H,9-11H2,(H,21,24)(H,22,23)/t15-/m1/s1. The third-order valence-corrected chi connectivity index (χ3v) is 5.16. The number of amides is 2. The van der Waals surface area contributed by atoms with Crippen molar-refractivity contribution in [3.05, 3.63) is 53.6 Å². The molecule has 1 fully saturated rings. The molecule has 0 aliphatic carbocycles. The van der Waals surface area contributed by atoms with Crippen molar-refractivity contribution >= 4 is 46.8 Å². The van der Waals surface area contributed by atoms with Crippen molar-refractivity contribution in [1.29, 1.82) is 0 Å². The maximum absolute atomic E-state index is 12.1. The lowest BCUT2D eigenvalue weighted by molar-refractivity contribution is -0.149. The smallest absolute Gasteiger partial charge is 0.329 e. The van der Waals surface area contributed by atoms with E-state index in [-0.39, 0.29) is 5.91 Å². The van der Waals surface area contributed by atoms with Gasteiger partial charge in [-0.1, -0.05) is 35.5 Å². The highest BCUT2D eigenvalue weighted by atomic mass is 35.5. The van der Waals surface area contributed by atoms with Crippen LogP contribution in [-0.2, 0) is 19.1 Å². The van der Waals surface area contributed by atoms with E-state index in [1.54, 1.807) is 18.2 Å². The number of anilines is 1. The van der Waals surface area contributed by atoms with Gasteiger partial charge in [0.15, 0.2) is 6.61 Å². The maximum atomic E-state index is 12.1. The van der Waals surface area contributed by atoms with Gasteiger partial charge in [-0.15, -0.1) is 0 Å². The number of para-hydroxylation sites is 1. The number of esters is 1. The van der Waals surface area contributed by atoms with Crippen LogP contribution in [0.2, 0.25) is 5.02 Å². The fourth-order valence-corrected chi connectivity index (χ4v) is 3.53. The summed E-state index contributed by atoms with van der Waals surface area (Å²) in [5.74, 6) is -1.23. The van der Waals surface area contributed by atoms with Crippen LogP contribution < -0.4 is 10.6 Å². The Morgan fingerprint density at radius 1 is 1.19 bits per heavy atom. The SMILES string of the molecule is O=C(COC(=O)[C@H]1CCC(=O)N1)Nc1ccccc1Sc1ccc(Cl)cc1. The summed E-state index contributed by atoms with van der Waals surface area (Å²) in [6.07, 6.45) is 0.682. The molecule has 3 rings (SSSR count). The molecular formula is C19H17ClN2O4S. The van der Waals surface area contributed by atoms with Crippen LogP contribution in [0.4, 0.5) is 5.69 Å². The number of benzene rings is 2. The van der Waals surface area contributed by atoms with Gasteiger partial charge < -0.3 is 15.4 Å². The van der Waals surface area contributed by atoms with Gasteiger partial charge in [-0.3, -0.25) is 9.59 Å². The first-order chi connectivity index (χ1) is 13.0. The molecule has 0 radical (unpaired) electrons. The number of carbonyl (C=O) groups is 3. The summed E-state index contributed by atoms with van der Waals surface area (Å²) in [6, 6.07) is 14.0. The minimum Gasteiger partial charge on any atom is -0.454 e. The second-order valence-electron chi connectivity index (χ2n) is 5.87. The largest absolute Gasteiger partial charge is 0.454 e. The molecule has 1 heterocycles. The van der Waals surface area contributed by atoms with E-state index >= 15 is 0 Å². The van der Waals surface area contributed by atoms with Crippen molar-refractivity contribution < 1.29 is 19.1 Å². The number of nitrogens with one attached hydrogen (secondary N) is 2. The number of carbonyl (C=O) groups excluding carboxylic acids is 3. The van der Waals surface area contributed by atoms with Gasteiger partial charge in [-0.25, -0.2) is 4.79 Å². The van der Waals surface area contributed by atoms with Gasteiger partial charge in [0.1, 0.15) is 6.04 Å². The predicted octanol–water partition coefficient (Wildman–Crippen LogP) is 3.25. The molecule has 2 amide bonds. The Hall–Kier alpha value is -2.51. The van der Waals surface area contributed by atoms with Crippen molar-refractivity contribution in [1.82, 2.24) is 5.32 Å². The molecule has 6 nitrogen and oxygen atoms in total. The fraction of sp³-hybridized carbons (Fsp3) is 0.211. The van der Waals surface area contributed by atoms with Crippen LogP contribution in [0.5, 0.6) is 0 Å². The van der Waals surface area contributed by atoms with Crippen molar-refractivity contribution in [2.45, 2.75) is 28.7 Å². The average molecular weight is 405 g/mol. The second kappa shape index (κ2) is 8.92. The summed E-state index contributed by atoms with van der Waals surface area (Å²) in [4.78, 5) is 37.0. The molecule has 1 atom stereocenters. The minimum absolute atomic E-state index is 0.186. The number of ether oxygens (including phenoxy) is 1. The zero-order chi connectivity index (χ0) is 19.2. The predicted molar refractivity (Wildman–Crippen MR) is 103 cm³/mol. The van der Waals surface area contributed by atoms with E-state index < -0.39 is 24.5 Å². The molecule has 8 heteroatoms. The van der Waals surface area contributed by atoms with Crippen LogP contribution in [0.1, 0.15) is 12.8 Å². The van der Waals surface area contributed by atoms with Crippen LogP contribution >= 0.6 is 23.4 Å².